The molecule has 0 saturated heterocycles. The minimum Gasteiger partial charge on any atom is -0.383 e. The first kappa shape index (κ1) is 17.9. The first-order valence-electron chi connectivity index (χ1n) is 7.62. The van der Waals surface area contributed by atoms with Crippen molar-refractivity contribution >= 4 is 23.2 Å². The summed E-state index contributed by atoms with van der Waals surface area (Å²) in [6, 6.07) is 11.0. The Bertz CT molecular complexity index is 803. The van der Waals surface area contributed by atoms with Gasteiger partial charge in [0.1, 0.15) is 5.69 Å². The van der Waals surface area contributed by atoms with Crippen molar-refractivity contribution in [2.24, 2.45) is 0 Å². The van der Waals surface area contributed by atoms with E-state index >= 15 is 0 Å². The van der Waals surface area contributed by atoms with Crippen molar-refractivity contribution in [3.63, 3.8) is 0 Å². The largest absolute Gasteiger partial charge is 0.383 e. The first-order valence-corrected chi connectivity index (χ1v) is 7.62. The van der Waals surface area contributed by atoms with Crippen LogP contribution in [-0.4, -0.2) is 23.8 Å². The summed E-state index contributed by atoms with van der Waals surface area (Å²) in [7, 11) is 1.55. The fourth-order valence-corrected chi connectivity index (χ4v) is 2.19. The lowest BCUT2D eigenvalue weighted by atomic mass is 10.1. The molecule has 3 N–H and O–H groups in total. The molecule has 0 saturated carbocycles. The van der Waals surface area contributed by atoms with Gasteiger partial charge >= 0.3 is 0 Å². The number of carbonyl (C=O) groups is 2. The quantitative estimate of drug-likeness (QED) is 0.570. The summed E-state index contributed by atoms with van der Waals surface area (Å²) in [4.78, 5) is 34.5. The molecule has 2 rings (SSSR count). The second kappa shape index (κ2) is 7.91. The maximum absolute atomic E-state index is 12.1. The fraction of sp³-hybridized carbons (Fsp3) is 0.176. The van der Waals surface area contributed by atoms with Crippen molar-refractivity contribution in [2.45, 2.75) is 13.3 Å². The molecule has 0 fully saturated rings. The van der Waals surface area contributed by atoms with Gasteiger partial charge in [-0.2, -0.15) is 0 Å². The number of nitro benzene ring substituents is 1. The number of carbonyl (C=O) groups excluding carboxylic acids is 2. The second-order valence-electron chi connectivity index (χ2n) is 5.20. The molecule has 0 atom stereocenters. The average Bonchev–Trinajstić information content (AvgIpc) is 2.65. The van der Waals surface area contributed by atoms with E-state index < -0.39 is 16.7 Å². The van der Waals surface area contributed by atoms with Gasteiger partial charge in [0.15, 0.2) is 0 Å². The van der Waals surface area contributed by atoms with Crippen LogP contribution in [0.4, 0.5) is 11.4 Å². The predicted octanol–water partition coefficient (Wildman–Crippen LogP) is 2.27. The van der Waals surface area contributed by atoms with Crippen molar-refractivity contribution in [1.82, 2.24) is 10.9 Å². The molecule has 0 aliphatic rings. The molecule has 25 heavy (non-hydrogen) atoms. The zero-order valence-corrected chi connectivity index (χ0v) is 13.8. The number of hydrogen-bond acceptors (Lipinski definition) is 5. The van der Waals surface area contributed by atoms with Crippen molar-refractivity contribution in [3.8, 4) is 0 Å². The molecule has 130 valence electrons. The summed E-state index contributed by atoms with van der Waals surface area (Å²) >= 11 is 0. The van der Waals surface area contributed by atoms with E-state index in [-0.39, 0.29) is 11.3 Å². The summed E-state index contributed by atoms with van der Waals surface area (Å²) in [5.74, 6) is -1.12. The van der Waals surface area contributed by atoms with Crippen LogP contribution in [0.1, 0.15) is 33.2 Å². The van der Waals surface area contributed by atoms with E-state index in [0.717, 1.165) is 18.1 Å². The Balaban J connectivity index is 2.05. The van der Waals surface area contributed by atoms with Crippen LogP contribution in [-0.2, 0) is 6.42 Å². The van der Waals surface area contributed by atoms with Crippen LogP contribution in [0.5, 0.6) is 0 Å². The number of nitro groups is 1. The van der Waals surface area contributed by atoms with Gasteiger partial charge in [0.25, 0.3) is 17.5 Å². The maximum Gasteiger partial charge on any atom is 0.293 e. The molecule has 0 bridgehead atoms. The summed E-state index contributed by atoms with van der Waals surface area (Å²) in [5.41, 5.74) is 6.16. The Kier molecular flexibility index (Phi) is 5.67. The number of benzene rings is 2. The smallest absolute Gasteiger partial charge is 0.293 e. The molecule has 2 aromatic rings. The number of anilines is 1. The predicted molar refractivity (Wildman–Crippen MR) is 93.4 cm³/mol. The standard InChI is InChI=1S/C17H18N4O4/c1-3-11-4-6-12(7-5-11)16(22)19-20-17(23)13-8-9-14(18-2)15(10-13)21(24)25/h4-10,18H,3H2,1-2H3,(H,19,22)(H,20,23). The van der Waals surface area contributed by atoms with Gasteiger partial charge in [-0.05, 0) is 36.2 Å². The number of hydrazine groups is 1. The molecule has 8 heteroatoms. The van der Waals surface area contributed by atoms with Crippen LogP contribution in [0.15, 0.2) is 42.5 Å². The maximum atomic E-state index is 12.1. The summed E-state index contributed by atoms with van der Waals surface area (Å²) in [6.45, 7) is 2.01. The van der Waals surface area contributed by atoms with Crippen molar-refractivity contribution in [3.05, 3.63) is 69.3 Å². The third kappa shape index (κ3) is 4.31. The van der Waals surface area contributed by atoms with Crippen LogP contribution in [0, 0.1) is 10.1 Å². The minimum absolute atomic E-state index is 0.0623. The molecule has 0 aromatic heterocycles. The molecule has 0 aliphatic heterocycles. The highest BCUT2D eigenvalue weighted by Crippen LogP contribution is 2.24. The third-order valence-corrected chi connectivity index (χ3v) is 3.64. The molecule has 0 radical (unpaired) electrons. The van der Waals surface area contributed by atoms with Gasteiger partial charge in [-0.1, -0.05) is 19.1 Å². The number of amides is 2. The van der Waals surface area contributed by atoms with Gasteiger partial charge in [-0.15, -0.1) is 0 Å². The molecular formula is C17H18N4O4. The van der Waals surface area contributed by atoms with E-state index in [1.54, 1.807) is 19.2 Å². The van der Waals surface area contributed by atoms with E-state index in [9.17, 15) is 19.7 Å². The lowest BCUT2D eigenvalue weighted by molar-refractivity contribution is -0.384. The summed E-state index contributed by atoms with van der Waals surface area (Å²) in [6.07, 6.45) is 0.861. The Morgan fingerprint density at radius 2 is 1.56 bits per heavy atom. The Morgan fingerprint density at radius 1 is 1.00 bits per heavy atom. The monoisotopic (exact) mass is 342 g/mol. The Morgan fingerprint density at radius 3 is 2.08 bits per heavy atom. The molecule has 2 amide bonds. The van der Waals surface area contributed by atoms with E-state index in [2.05, 4.69) is 16.2 Å². The van der Waals surface area contributed by atoms with E-state index in [1.807, 2.05) is 19.1 Å². The number of aryl methyl sites for hydroxylation is 1. The molecule has 0 heterocycles. The highest BCUT2D eigenvalue weighted by atomic mass is 16.6. The van der Waals surface area contributed by atoms with Crippen LogP contribution in [0.3, 0.4) is 0 Å². The fourth-order valence-electron chi connectivity index (χ4n) is 2.19. The first-order chi connectivity index (χ1) is 12.0. The van der Waals surface area contributed by atoms with Crippen LogP contribution in [0.2, 0.25) is 0 Å². The van der Waals surface area contributed by atoms with E-state index in [1.165, 1.54) is 12.1 Å². The molecule has 0 aliphatic carbocycles. The van der Waals surface area contributed by atoms with Crippen LogP contribution >= 0.6 is 0 Å². The zero-order chi connectivity index (χ0) is 18.4. The van der Waals surface area contributed by atoms with Gasteiger partial charge in [-0.25, -0.2) is 0 Å². The highest BCUT2D eigenvalue weighted by molar-refractivity contribution is 5.99. The van der Waals surface area contributed by atoms with Crippen molar-refractivity contribution in [1.29, 1.82) is 0 Å². The van der Waals surface area contributed by atoms with Gasteiger partial charge in [0.05, 0.1) is 4.92 Å². The number of rotatable bonds is 5. The highest BCUT2D eigenvalue weighted by Gasteiger charge is 2.17. The Labute approximate surface area is 144 Å². The third-order valence-electron chi connectivity index (χ3n) is 3.64. The summed E-state index contributed by atoms with van der Waals surface area (Å²) in [5, 5.41) is 13.7. The normalized spacial score (nSPS) is 10.0. The average molecular weight is 342 g/mol. The second-order valence-corrected chi connectivity index (χ2v) is 5.20. The van der Waals surface area contributed by atoms with Gasteiger partial charge in [-0.3, -0.25) is 30.6 Å². The van der Waals surface area contributed by atoms with Crippen molar-refractivity contribution < 1.29 is 14.5 Å². The molecule has 0 spiro atoms. The molecule has 2 aromatic carbocycles. The number of nitrogens with one attached hydrogen (secondary N) is 3. The molecular weight excluding hydrogens is 324 g/mol. The van der Waals surface area contributed by atoms with Gasteiger partial charge in [0, 0.05) is 24.2 Å². The number of hydrogen-bond donors (Lipinski definition) is 3. The summed E-state index contributed by atoms with van der Waals surface area (Å²) < 4.78 is 0. The van der Waals surface area contributed by atoms with E-state index in [4.69, 9.17) is 0 Å². The topological polar surface area (TPSA) is 113 Å². The lowest BCUT2D eigenvalue weighted by Gasteiger charge is -2.09. The Hall–Kier alpha value is -3.42. The lowest BCUT2D eigenvalue weighted by Crippen LogP contribution is -2.41. The molecule has 0 unspecified atom stereocenters. The SMILES string of the molecule is CCc1ccc(C(=O)NNC(=O)c2ccc(NC)c([N+](=O)[O-])c2)cc1. The van der Waals surface area contributed by atoms with E-state index in [0.29, 0.717) is 11.3 Å². The van der Waals surface area contributed by atoms with Crippen molar-refractivity contribution in [2.75, 3.05) is 12.4 Å². The zero-order valence-electron chi connectivity index (χ0n) is 13.8. The minimum atomic E-state index is -0.649. The van der Waals surface area contributed by atoms with Crippen LogP contribution < -0.4 is 16.2 Å². The molecule has 8 nitrogen and oxygen atoms in total. The van der Waals surface area contributed by atoms with Crippen LogP contribution in [0.25, 0.3) is 0 Å². The van der Waals surface area contributed by atoms with Gasteiger partial charge in [0.2, 0.25) is 0 Å². The van der Waals surface area contributed by atoms with Gasteiger partial charge < -0.3 is 5.32 Å². The number of nitrogens with zero attached hydrogens (tertiary/aromatic N) is 1.